The molecule has 2 aromatic rings. The summed E-state index contributed by atoms with van der Waals surface area (Å²) in [6.45, 7) is 6.03. The number of nitrogens with zero attached hydrogens (tertiary/aromatic N) is 4. The highest BCUT2D eigenvalue weighted by Gasteiger charge is 2.35. The Labute approximate surface area is 113 Å². The SMILES string of the molecule is Cn1nnnc1C(c1ccccc1)C(O)C(C)(C)C. The Kier molecular flexibility index (Phi) is 3.66. The third kappa shape index (κ3) is 2.81. The number of tetrazole rings is 1. The highest BCUT2D eigenvalue weighted by Crippen LogP contribution is 2.35. The summed E-state index contributed by atoms with van der Waals surface area (Å²) in [7, 11) is 1.79. The molecule has 5 heteroatoms. The maximum Gasteiger partial charge on any atom is 0.160 e. The number of hydrogen-bond donors (Lipinski definition) is 1. The summed E-state index contributed by atoms with van der Waals surface area (Å²) in [5.41, 5.74) is 0.759. The first-order valence-electron chi connectivity index (χ1n) is 6.36. The molecular weight excluding hydrogens is 240 g/mol. The normalized spacial score (nSPS) is 15.2. The number of hydrogen-bond acceptors (Lipinski definition) is 4. The lowest BCUT2D eigenvalue weighted by Gasteiger charge is -2.32. The summed E-state index contributed by atoms with van der Waals surface area (Å²) in [6.07, 6.45) is -0.570. The quantitative estimate of drug-likeness (QED) is 0.913. The number of benzene rings is 1. The van der Waals surface area contributed by atoms with Crippen LogP contribution in [0.3, 0.4) is 0 Å². The zero-order valence-electron chi connectivity index (χ0n) is 11.8. The molecule has 1 aromatic carbocycles. The van der Waals surface area contributed by atoms with Crippen LogP contribution in [-0.4, -0.2) is 31.4 Å². The summed E-state index contributed by atoms with van der Waals surface area (Å²) in [4.78, 5) is 0. The lowest BCUT2D eigenvalue weighted by molar-refractivity contribution is 0.0459. The average molecular weight is 260 g/mol. The van der Waals surface area contributed by atoms with E-state index in [-0.39, 0.29) is 11.3 Å². The fourth-order valence-corrected chi connectivity index (χ4v) is 2.13. The predicted octanol–water partition coefficient (Wildman–Crippen LogP) is 1.75. The highest BCUT2D eigenvalue weighted by atomic mass is 16.3. The molecule has 2 unspecified atom stereocenters. The highest BCUT2D eigenvalue weighted by molar-refractivity contribution is 5.27. The second-order valence-electron chi connectivity index (χ2n) is 5.86. The molecule has 1 N–H and O–H groups in total. The molecule has 0 aliphatic carbocycles. The topological polar surface area (TPSA) is 63.8 Å². The van der Waals surface area contributed by atoms with Gasteiger partial charge in [0.15, 0.2) is 5.82 Å². The van der Waals surface area contributed by atoms with E-state index in [1.54, 1.807) is 11.7 Å². The van der Waals surface area contributed by atoms with Crippen LogP contribution in [0.15, 0.2) is 30.3 Å². The number of aryl methyl sites for hydroxylation is 1. The Balaban J connectivity index is 2.49. The lowest BCUT2D eigenvalue weighted by Crippen LogP contribution is -2.34. The summed E-state index contributed by atoms with van der Waals surface area (Å²) >= 11 is 0. The summed E-state index contributed by atoms with van der Waals surface area (Å²) < 4.78 is 1.62. The third-order valence-corrected chi connectivity index (χ3v) is 3.29. The Hall–Kier alpha value is -1.75. The van der Waals surface area contributed by atoms with E-state index in [1.165, 1.54) is 0 Å². The summed E-state index contributed by atoms with van der Waals surface area (Å²) in [5, 5.41) is 22.3. The minimum atomic E-state index is -0.570. The van der Waals surface area contributed by atoms with Gasteiger partial charge < -0.3 is 5.11 Å². The summed E-state index contributed by atoms with van der Waals surface area (Å²) in [6, 6.07) is 9.87. The lowest BCUT2D eigenvalue weighted by atomic mass is 9.78. The van der Waals surface area contributed by atoms with E-state index in [0.29, 0.717) is 5.82 Å². The molecule has 0 spiro atoms. The van der Waals surface area contributed by atoms with Gasteiger partial charge in [-0.3, -0.25) is 0 Å². The van der Waals surface area contributed by atoms with Gasteiger partial charge in [-0.05, 0) is 21.4 Å². The maximum absolute atomic E-state index is 10.7. The fraction of sp³-hybridized carbons (Fsp3) is 0.500. The molecule has 5 nitrogen and oxygen atoms in total. The Morgan fingerprint density at radius 2 is 1.79 bits per heavy atom. The van der Waals surface area contributed by atoms with Crippen molar-refractivity contribution in [2.75, 3.05) is 0 Å². The summed E-state index contributed by atoms with van der Waals surface area (Å²) in [5.74, 6) is 0.440. The Bertz CT molecular complexity index is 530. The minimum absolute atomic E-state index is 0.235. The van der Waals surface area contributed by atoms with Gasteiger partial charge in [-0.2, -0.15) is 0 Å². The Morgan fingerprint density at radius 3 is 2.26 bits per heavy atom. The van der Waals surface area contributed by atoms with Crippen molar-refractivity contribution in [2.45, 2.75) is 32.8 Å². The molecule has 0 amide bonds. The van der Waals surface area contributed by atoms with Crippen LogP contribution in [0.2, 0.25) is 0 Å². The van der Waals surface area contributed by atoms with Crippen LogP contribution in [0, 0.1) is 5.41 Å². The number of aromatic nitrogens is 4. The number of aliphatic hydroxyl groups is 1. The van der Waals surface area contributed by atoms with Crippen molar-refractivity contribution in [1.29, 1.82) is 0 Å². The largest absolute Gasteiger partial charge is 0.391 e. The van der Waals surface area contributed by atoms with Crippen molar-refractivity contribution in [2.24, 2.45) is 12.5 Å². The van der Waals surface area contributed by atoms with Crippen molar-refractivity contribution >= 4 is 0 Å². The van der Waals surface area contributed by atoms with Gasteiger partial charge >= 0.3 is 0 Å². The monoisotopic (exact) mass is 260 g/mol. The van der Waals surface area contributed by atoms with E-state index >= 15 is 0 Å². The first-order valence-corrected chi connectivity index (χ1v) is 6.36. The van der Waals surface area contributed by atoms with E-state index in [1.807, 2.05) is 51.1 Å². The number of aliphatic hydroxyl groups excluding tert-OH is 1. The van der Waals surface area contributed by atoms with E-state index in [9.17, 15) is 5.11 Å². The molecule has 0 saturated heterocycles. The van der Waals surface area contributed by atoms with Crippen molar-refractivity contribution in [1.82, 2.24) is 20.2 Å². The third-order valence-electron chi connectivity index (χ3n) is 3.29. The molecule has 2 atom stereocenters. The smallest absolute Gasteiger partial charge is 0.160 e. The molecule has 0 fully saturated rings. The molecular formula is C14H20N4O. The van der Waals surface area contributed by atoms with Crippen molar-refractivity contribution < 1.29 is 5.11 Å². The van der Waals surface area contributed by atoms with Crippen molar-refractivity contribution in [3.63, 3.8) is 0 Å². The van der Waals surface area contributed by atoms with Gasteiger partial charge in [0.25, 0.3) is 0 Å². The van der Waals surface area contributed by atoms with Gasteiger partial charge in [0.1, 0.15) is 0 Å². The second kappa shape index (κ2) is 5.09. The number of rotatable bonds is 3. The van der Waals surface area contributed by atoms with E-state index < -0.39 is 6.10 Å². The standard InChI is InChI=1S/C14H20N4O/c1-14(2,3)12(19)11(10-8-6-5-7-9-10)13-15-16-17-18(13)4/h5-9,11-12,19H,1-4H3. The molecule has 0 aliphatic heterocycles. The Morgan fingerprint density at radius 1 is 1.16 bits per heavy atom. The van der Waals surface area contributed by atoms with Crippen LogP contribution in [0.5, 0.6) is 0 Å². The first kappa shape index (κ1) is 13.7. The van der Waals surface area contributed by atoms with Gasteiger partial charge in [0, 0.05) is 7.05 Å². The zero-order chi connectivity index (χ0) is 14.0. The predicted molar refractivity (Wildman–Crippen MR) is 72.5 cm³/mol. The van der Waals surface area contributed by atoms with E-state index in [4.69, 9.17) is 0 Å². The van der Waals surface area contributed by atoms with E-state index in [0.717, 1.165) is 5.56 Å². The molecule has 2 rings (SSSR count). The second-order valence-corrected chi connectivity index (χ2v) is 5.86. The molecule has 0 aliphatic rings. The average Bonchev–Trinajstić information content (AvgIpc) is 2.76. The molecule has 102 valence electrons. The molecule has 0 bridgehead atoms. The van der Waals surface area contributed by atoms with Crippen molar-refractivity contribution in [3.8, 4) is 0 Å². The van der Waals surface area contributed by atoms with Gasteiger partial charge in [-0.15, -0.1) is 5.10 Å². The molecule has 1 aromatic heterocycles. The van der Waals surface area contributed by atoms with Crippen LogP contribution in [0.4, 0.5) is 0 Å². The van der Waals surface area contributed by atoms with E-state index in [2.05, 4.69) is 15.5 Å². The van der Waals surface area contributed by atoms with Crippen molar-refractivity contribution in [3.05, 3.63) is 41.7 Å². The van der Waals surface area contributed by atoms with Gasteiger partial charge in [-0.1, -0.05) is 51.1 Å². The molecule has 0 saturated carbocycles. The van der Waals surface area contributed by atoms with Gasteiger partial charge in [-0.25, -0.2) is 4.68 Å². The van der Waals surface area contributed by atoms with Crippen LogP contribution >= 0.6 is 0 Å². The van der Waals surface area contributed by atoms with Crippen LogP contribution in [0.25, 0.3) is 0 Å². The molecule has 0 radical (unpaired) electrons. The van der Waals surface area contributed by atoms with Crippen LogP contribution in [0.1, 0.15) is 38.1 Å². The zero-order valence-corrected chi connectivity index (χ0v) is 11.8. The molecule has 1 heterocycles. The minimum Gasteiger partial charge on any atom is -0.391 e. The van der Waals surface area contributed by atoms with Crippen LogP contribution < -0.4 is 0 Å². The van der Waals surface area contributed by atoms with Gasteiger partial charge in [0.05, 0.1) is 12.0 Å². The van der Waals surface area contributed by atoms with Gasteiger partial charge in [0.2, 0.25) is 0 Å². The fourth-order valence-electron chi connectivity index (χ4n) is 2.13. The molecule has 19 heavy (non-hydrogen) atoms. The maximum atomic E-state index is 10.7. The van der Waals surface area contributed by atoms with Crippen LogP contribution in [-0.2, 0) is 7.05 Å². The first-order chi connectivity index (χ1) is 8.91.